The first-order valence-electron chi connectivity index (χ1n) is 4.97. The SMILES string of the molecule is C=CCNC(=O)Nc1ccc(NNC=O)cc1. The lowest BCUT2D eigenvalue weighted by molar-refractivity contribution is -0.109. The summed E-state index contributed by atoms with van der Waals surface area (Å²) in [6.07, 6.45) is 2.13. The van der Waals surface area contributed by atoms with E-state index in [0.717, 1.165) is 0 Å². The Kier molecular flexibility index (Phi) is 5.09. The molecule has 6 heteroatoms. The third-order valence-corrected chi connectivity index (χ3v) is 1.83. The average Bonchev–Trinajstić information content (AvgIpc) is 2.35. The number of carbonyl (C=O) groups excluding carboxylic acids is 2. The Morgan fingerprint density at radius 1 is 1.24 bits per heavy atom. The molecule has 1 aromatic carbocycles. The molecule has 0 aliphatic carbocycles. The zero-order valence-electron chi connectivity index (χ0n) is 9.19. The van der Waals surface area contributed by atoms with Crippen LogP contribution >= 0.6 is 0 Å². The second-order valence-corrected chi connectivity index (χ2v) is 3.09. The van der Waals surface area contributed by atoms with Gasteiger partial charge in [0.05, 0.1) is 5.69 Å². The summed E-state index contributed by atoms with van der Waals surface area (Å²) >= 11 is 0. The second kappa shape index (κ2) is 6.89. The molecule has 17 heavy (non-hydrogen) atoms. The van der Waals surface area contributed by atoms with Gasteiger partial charge in [-0.2, -0.15) is 0 Å². The summed E-state index contributed by atoms with van der Waals surface area (Å²) in [6.45, 7) is 3.91. The van der Waals surface area contributed by atoms with E-state index in [0.29, 0.717) is 24.3 Å². The largest absolute Gasteiger partial charge is 0.334 e. The van der Waals surface area contributed by atoms with Crippen molar-refractivity contribution in [3.63, 3.8) is 0 Å². The molecule has 0 aliphatic heterocycles. The third kappa shape index (κ3) is 4.70. The Bertz CT molecular complexity index is 389. The quantitative estimate of drug-likeness (QED) is 0.337. The Morgan fingerprint density at radius 3 is 2.47 bits per heavy atom. The zero-order chi connectivity index (χ0) is 12.5. The summed E-state index contributed by atoms with van der Waals surface area (Å²) in [5.74, 6) is 0. The summed E-state index contributed by atoms with van der Waals surface area (Å²) < 4.78 is 0. The number of carbonyl (C=O) groups is 2. The standard InChI is InChI=1S/C11H14N4O2/c1-2-7-12-11(17)14-9-3-5-10(6-4-9)15-13-8-16/h2-6,8,15H,1,7H2,(H,13,16)(H2,12,14,17). The molecule has 4 N–H and O–H groups in total. The number of amides is 3. The predicted octanol–water partition coefficient (Wildman–Crippen LogP) is 1.07. The highest BCUT2D eigenvalue weighted by molar-refractivity contribution is 5.89. The highest BCUT2D eigenvalue weighted by Gasteiger charge is 1.99. The Balaban J connectivity index is 2.47. The van der Waals surface area contributed by atoms with Crippen LogP contribution in [0.25, 0.3) is 0 Å². The molecule has 0 aromatic heterocycles. The predicted molar refractivity (Wildman–Crippen MR) is 66.5 cm³/mol. The Morgan fingerprint density at radius 2 is 1.88 bits per heavy atom. The van der Waals surface area contributed by atoms with Gasteiger partial charge in [-0.1, -0.05) is 6.08 Å². The van der Waals surface area contributed by atoms with Crippen molar-refractivity contribution >= 4 is 23.8 Å². The van der Waals surface area contributed by atoms with E-state index in [9.17, 15) is 9.59 Å². The van der Waals surface area contributed by atoms with Crippen LogP contribution in [0.15, 0.2) is 36.9 Å². The molecule has 1 rings (SSSR count). The van der Waals surface area contributed by atoms with Crippen LogP contribution in [0.1, 0.15) is 0 Å². The summed E-state index contributed by atoms with van der Waals surface area (Å²) in [6, 6.07) is 6.57. The van der Waals surface area contributed by atoms with E-state index in [1.165, 1.54) is 0 Å². The normalized spacial score (nSPS) is 8.94. The molecule has 0 spiro atoms. The van der Waals surface area contributed by atoms with Gasteiger partial charge < -0.3 is 10.6 Å². The molecule has 0 bridgehead atoms. The molecular weight excluding hydrogens is 220 g/mol. The molecule has 0 aliphatic rings. The van der Waals surface area contributed by atoms with Gasteiger partial charge in [-0.05, 0) is 24.3 Å². The first kappa shape index (κ1) is 12.6. The van der Waals surface area contributed by atoms with Crippen molar-refractivity contribution in [1.82, 2.24) is 10.7 Å². The second-order valence-electron chi connectivity index (χ2n) is 3.09. The van der Waals surface area contributed by atoms with Gasteiger partial charge in [-0.25, -0.2) is 4.79 Å². The van der Waals surface area contributed by atoms with E-state index in [1.807, 2.05) is 0 Å². The number of urea groups is 1. The van der Waals surface area contributed by atoms with Crippen molar-refractivity contribution in [2.24, 2.45) is 0 Å². The lowest BCUT2D eigenvalue weighted by atomic mass is 10.3. The molecule has 0 radical (unpaired) electrons. The molecule has 0 heterocycles. The molecular formula is C11H14N4O2. The van der Waals surface area contributed by atoms with Crippen LogP contribution in [0, 0.1) is 0 Å². The monoisotopic (exact) mass is 234 g/mol. The summed E-state index contributed by atoms with van der Waals surface area (Å²) in [4.78, 5) is 21.3. The van der Waals surface area contributed by atoms with Gasteiger partial charge in [0.15, 0.2) is 0 Å². The first-order valence-corrected chi connectivity index (χ1v) is 4.97. The van der Waals surface area contributed by atoms with Gasteiger partial charge >= 0.3 is 6.03 Å². The molecule has 0 saturated heterocycles. The smallest absolute Gasteiger partial charge is 0.319 e. The number of hydrogen-bond acceptors (Lipinski definition) is 3. The maximum absolute atomic E-state index is 11.3. The fourth-order valence-electron chi connectivity index (χ4n) is 1.09. The number of benzene rings is 1. The van der Waals surface area contributed by atoms with E-state index < -0.39 is 0 Å². The maximum Gasteiger partial charge on any atom is 0.319 e. The first-order chi connectivity index (χ1) is 8.26. The van der Waals surface area contributed by atoms with E-state index in [1.54, 1.807) is 30.3 Å². The zero-order valence-corrected chi connectivity index (χ0v) is 9.19. The number of rotatable bonds is 6. The van der Waals surface area contributed by atoms with E-state index >= 15 is 0 Å². The topological polar surface area (TPSA) is 82.3 Å². The molecule has 0 atom stereocenters. The lowest BCUT2D eigenvalue weighted by Gasteiger charge is -2.07. The summed E-state index contributed by atoms with van der Waals surface area (Å²) in [5.41, 5.74) is 6.33. The van der Waals surface area contributed by atoms with Gasteiger partial charge in [-0.3, -0.25) is 15.6 Å². The van der Waals surface area contributed by atoms with Crippen molar-refractivity contribution in [3.8, 4) is 0 Å². The minimum Gasteiger partial charge on any atom is -0.334 e. The average molecular weight is 234 g/mol. The summed E-state index contributed by atoms with van der Waals surface area (Å²) in [7, 11) is 0. The van der Waals surface area contributed by atoms with Crippen LogP contribution in [0.4, 0.5) is 16.2 Å². The van der Waals surface area contributed by atoms with Crippen LogP contribution in [0.5, 0.6) is 0 Å². The van der Waals surface area contributed by atoms with Crippen molar-refractivity contribution < 1.29 is 9.59 Å². The molecule has 6 nitrogen and oxygen atoms in total. The lowest BCUT2D eigenvalue weighted by Crippen LogP contribution is -2.28. The van der Waals surface area contributed by atoms with Crippen molar-refractivity contribution in [2.75, 3.05) is 17.3 Å². The van der Waals surface area contributed by atoms with Gasteiger partial charge in [0.1, 0.15) is 0 Å². The number of hydrogen-bond donors (Lipinski definition) is 4. The van der Waals surface area contributed by atoms with Crippen LogP contribution in [-0.2, 0) is 4.79 Å². The number of hydrazine groups is 1. The van der Waals surface area contributed by atoms with E-state index in [-0.39, 0.29) is 6.03 Å². The fourth-order valence-corrected chi connectivity index (χ4v) is 1.09. The molecule has 1 aromatic rings. The van der Waals surface area contributed by atoms with Gasteiger partial charge in [-0.15, -0.1) is 6.58 Å². The van der Waals surface area contributed by atoms with Crippen LogP contribution < -0.4 is 21.5 Å². The Hall–Kier alpha value is -2.50. The summed E-state index contributed by atoms with van der Waals surface area (Å²) in [5, 5.41) is 5.23. The van der Waals surface area contributed by atoms with Crippen molar-refractivity contribution in [1.29, 1.82) is 0 Å². The van der Waals surface area contributed by atoms with E-state index in [4.69, 9.17) is 0 Å². The van der Waals surface area contributed by atoms with Crippen LogP contribution in [-0.4, -0.2) is 19.0 Å². The molecule has 90 valence electrons. The fraction of sp³-hybridized carbons (Fsp3) is 0.0909. The van der Waals surface area contributed by atoms with Gasteiger partial charge in [0.25, 0.3) is 0 Å². The minimum absolute atomic E-state index is 0.295. The molecule has 0 saturated carbocycles. The highest BCUT2D eigenvalue weighted by Crippen LogP contribution is 2.12. The third-order valence-electron chi connectivity index (χ3n) is 1.83. The highest BCUT2D eigenvalue weighted by atomic mass is 16.2. The number of nitrogens with one attached hydrogen (secondary N) is 4. The maximum atomic E-state index is 11.3. The molecule has 3 amide bonds. The van der Waals surface area contributed by atoms with Crippen molar-refractivity contribution in [3.05, 3.63) is 36.9 Å². The molecule has 0 fully saturated rings. The molecule has 0 unspecified atom stereocenters. The van der Waals surface area contributed by atoms with Crippen LogP contribution in [0.2, 0.25) is 0 Å². The Labute approximate surface area is 99.1 Å². The number of anilines is 2. The van der Waals surface area contributed by atoms with Crippen molar-refractivity contribution in [2.45, 2.75) is 0 Å². The van der Waals surface area contributed by atoms with E-state index in [2.05, 4.69) is 28.1 Å². The van der Waals surface area contributed by atoms with Gasteiger partial charge in [0.2, 0.25) is 6.41 Å². The van der Waals surface area contributed by atoms with Crippen LogP contribution in [0.3, 0.4) is 0 Å². The minimum atomic E-state index is -0.295. The van der Waals surface area contributed by atoms with Gasteiger partial charge in [0, 0.05) is 12.2 Å².